The largest absolute Gasteiger partial charge is 0.465 e. The molecule has 1 aliphatic heterocycles. The molecule has 2 unspecified atom stereocenters. The van der Waals surface area contributed by atoms with Crippen molar-refractivity contribution < 1.29 is 4.42 Å². The van der Waals surface area contributed by atoms with Crippen molar-refractivity contribution in [3.05, 3.63) is 23.7 Å². The summed E-state index contributed by atoms with van der Waals surface area (Å²) in [7, 11) is 0. The first-order valence-corrected chi connectivity index (χ1v) is 5.28. The first kappa shape index (κ1) is 9.74. The summed E-state index contributed by atoms with van der Waals surface area (Å²) in [5.41, 5.74) is 6.08. The van der Waals surface area contributed by atoms with Gasteiger partial charge in [0, 0.05) is 12.6 Å². The van der Waals surface area contributed by atoms with E-state index in [9.17, 15) is 0 Å². The summed E-state index contributed by atoms with van der Waals surface area (Å²) in [4.78, 5) is 2.38. The summed E-state index contributed by atoms with van der Waals surface area (Å²) < 4.78 is 5.65. The zero-order valence-electron chi connectivity index (χ0n) is 8.86. The molecule has 2 N–H and O–H groups in total. The molecule has 1 aromatic heterocycles. The van der Waals surface area contributed by atoms with E-state index in [-0.39, 0.29) is 12.1 Å². The van der Waals surface area contributed by atoms with E-state index in [1.54, 1.807) is 0 Å². The average molecular weight is 194 g/mol. The van der Waals surface area contributed by atoms with Gasteiger partial charge in [0.25, 0.3) is 0 Å². The van der Waals surface area contributed by atoms with E-state index >= 15 is 0 Å². The Hall–Kier alpha value is -0.800. The fourth-order valence-electron chi connectivity index (χ4n) is 2.24. The summed E-state index contributed by atoms with van der Waals surface area (Å²) in [5, 5.41) is 0. The second-order valence-electron chi connectivity index (χ2n) is 3.97. The van der Waals surface area contributed by atoms with Crippen molar-refractivity contribution in [3.8, 4) is 0 Å². The van der Waals surface area contributed by atoms with Gasteiger partial charge in [-0.25, -0.2) is 0 Å². The zero-order chi connectivity index (χ0) is 10.1. The number of hydrogen-bond donors (Lipinski definition) is 1. The molecule has 14 heavy (non-hydrogen) atoms. The Morgan fingerprint density at radius 2 is 2.36 bits per heavy atom. The Bertz CT molecular complexity index is 308. The number of likely N-dealkylation sites (tertiary alicyclic amines) is 1. The van der Waals surface area contributed by atoms with Gasteiger partial charge in [0.1, 0.15) is 11.5 Å². The van der Waals surface area contributed by atoms with Gasteiger partial charge in [-0.1, -0.05) is 6.92 Å². The highest BCUT2D eigenvalue weighted by Gasteiger charge is 2.33. The van der Waals surface area contributed by atoms with Gasteiger partial charge < -0.3 is 10.2 Å². The van der Waals surface area contributed by atoms with Gasteiger partial charge in [0.05, 0.1) is 6.04 Å². The van der Waals surface area contributed by atoms with Crippen LogP contribution in [0.4, 0.5) is 0 Å². The highest BCUT2D eigenvalue weighted by molar-refractivity contribution is 5.13. The first-order chi connectivity index (χ1) is 6.72. The Kier molecular flexibility index (Phi) is 2.61. The lowest BCUT2D eigenvalue weighted by Gasteiger charge is -2.23. The fraction of sp³-hybridized carbons (Fsp3) is 0.636. The minimum absolute atomic E-state index is 0.223. The SMILES string of the molecule is CCN1CCC(N)C1c1ccc(C)o1. The number of nitrogens with zero attached hydrogens (tertiary/aromatic N) is 1. The minimum Gasteiger partial charge on any atom is -0.465 e. The molecule has 2 rings (SSSR count). The second-order valence-corrected chi connectivity index (χ2v) is 3.97. The van der Waals surface area contributed by atoms with E-state index in [1.807, 2.05) is 19.1 Å². The molecule has 1 aliphatic rings. The molecule has 1 saturated heterocycles. The molecule has 78 valence electrons. The molecule has 0 bridgehead atoms. The predicted molar refractivity (Wildman–Crippen MR) is 56.0 cm³/mol. The lowest BCUT2D eigenvalue weighted by molar-refractivity contribution is 0.227. The van der Waals surface area contributed by atoms with Crippen molar-refractivity contribution >= 4 is 0 Å². The molecule has 0 spiro atoms. The van der Waals surface area contributed by atoms with E-state index < -0.39 is 0 Å². The molecule has 0 aromatic carbocycles. The monoisotopic (exact) mass is 194 g/mol. The van der Waals surface area contributed by atoms with Gasteiger partial charge >= 0.3 is 0 Å². The fourth-order valence-corrected chi connectivity index (χ4v) is 2.24. The summed E-state index contributed by atoms with van der Waals surface area (Å²) in [6, 6.07) is 4.57. The third-order valence-electron chi connectivity index (χ3n) is 3.01. The summed E-state index contributed by atoms with van der Waals surface area (Å²) in [5.74, 6) is 1.99. The van der Waals surface area contributed by atoms with Gasteiger partial charge in [0.2, 0.25) is 0 Å². The van der Waals surface area contributed by atoms with Crippen LogP contribution < -0.4 is 5.73 Å². The number of nitrogens with two attached hydrogens (primary N) is 1. The maximum absolute atomic E-state index is 6.08. The smallest absolute Gasteiger partial charge is 0.122 e. The van der Waals surface area contributed by atoms with Crippen LogP contribution in [0.1, 0.15) is 30.9 Å². The van der Waals surface area contributed by atoms with E-state index in [4.69, 9.17) is 10.2 Å². The van der Waals surface area contributed by atoms with Crippen LogP contribution >= 0.6 is 0 Å². The van der Waals surface area contributed by atoms with Crippen molar-refractivity contribution in [1.82, 2.24) is 4.90 Å². The Morgan fingerprint density at radius 1 is 1.57 bits per heavy atom. The van der Waals surface area contributed by atoms with Crippen LogP contribution in [-0.2, 0) is 0 Å². The lowest BCUT2D eigenvalue weighted by Crippen LogP contribution is -2.31. The summed E-state index contributed by atoms with van der Waals surface area (Å²) >= 11 is 0. The standard InChI is InChI=1S/C11H18N2O/c1-3-13-7-6-9(12)11(13)10-5-4-8(2)14-10/h4-5,9,11H,3,6-7,12H2,1-2H3. The average Bonchev–Trinajstić information content (AvgIpc) is 2.71. The van der Waals surface area contributed by atoms with Gasteiger partial charge in [-0.2, -0.15) is 0 Å². The number of aryl methyl sites for hydroxylation is 1. The third-order valence-corrected chi connectivity index (χ3v) is 3.01. The van der Waals surface area contributed by atoms with Crippen LogP contribution in [0.5, 0.6) is 0 Å². The van der Waals surface area contributed by atoms with E-state index in [1.165, 1.54) is 0 Å². The van der Waals surface area contributed by atoms with Crippen LogP contribution in [0.2, 0.25) is 0 Å². The van der Waals surface area contributed by atoms with Crippen LogP contribution in [0.15, 0.2) is 16.5 Å². The highest BCUT2D eigenvalue weighted by Crippen LogP contribution is 2.31. The van der Waals surface area contributed by atoms with Gasteiger partial charge in [-0.15, -0.1) is 0 Å². The normalized spacial score (nSPS) is 28.5. The number of rotatable bonds is 2. The highest BCUT2D eigenvalue weighted by atomic mass is 16.3. The van der Waals surface area contributed by atoms with Crippen molar-refractivity contribution in [1.29, 1.82) is 0 Å². The van der Waals surface area contributed by atoms with E-state index in [2.05, 4.69) is 11.8 Å². The zero-order valence-corrected chi connectivity index (χ0v) is 8.86. The topological polar surface area (TPSA) is 42.4 Å². The molecule has 0 saturated carbocycles. The maximum Gasteiger partial charge on any atom is 0.122 e. The number of hydrogen-bond acceptors (Lipinski definition) is 3. The van der Waals surface area contributed by atoms with Crippen molar-refractivity contribution in [2.75, 3.05) is 13.1 Å². The Morgan fingerprint density at radius 3 is 2.93 bits per heavy atom. The van der Waals surface area contributed by atoms with Crippen molar-refractivity contribution in [2.45, 2.75) is 32.4 Å². The predicted octanol–water partition coefficient (Wildman–Crippen LogP) is 1.68. The molecule has 0 amide bonds. The van der Waals surface area contributed by atoms with E-state index in [0.717, 1.165) is 31.0 Å². The van der Waals surface area contributed by atoms with Crippen LogP contribution in [0.3, 0.4) is 0 Å². The molecule has 1 aromatic rings. The van der Waals surface area contributed by atoms with Crippen molar-refractivity contribution in [2.24, 2.45) is 5.73 Å². The molecule has 0 radical (unpaired) electrons. The van der Waals surface area contributed by atoms with Crippen molar-refractivity contribution in [3.63, 3.8) is 0 Å². The summed E-state index contributed by atoms with van der Waals surface area (Å²) in [6.07, 6.45) is 1.07. The summed E-state index contributed by atoms with van der Waals surface area (Å²) in [6.45, 7) is 6.27. The molecule has 0 aliphatic carbocycles. The second kappa shape index (κ2) is 3.75. The van der Waals surface area contributed by atoms with E-state index in [0.29, 0.717) is 0 Å². The Labute approximate surface area is 84.9 Å². The maximum atomic E-state index is 6.08. The molecular weight excluding hydrogens is 176 g/mol. The molecular formula is C11H18N2O. The molecule has 1 fully saturated rings. The minimum atomic E-state index is 0.223. The third kappa shape index (κ3) is 1.57. The van der Waals surface area contributed by atoms with Gasteiger partial charge in [-0.3, -0.25) is 4.90 Å². The van der Waals surface area contributed by atoms with Crippen LogP contribution in [-0.4, -0.2) is 24.0 Å². The molecule has 2 heterocycles. The number of furan rings is 1. The molecule has 3 heteroatoms. The van der Waals surface area contributed by atoms with Gasteiger partial charge in [-0.05, 0) is 32.0 Å². The lowest BCUT2D eigenvalue weighted by atomic mass is 10.1. The molecule has 3 nitrogen and oxygen atoms in total. The van der Waals surface area contributed by atoms with Gasteiger partial charge in [0.15, 0.2) is 0 Å². The quantitative estimate of drug-likeness (QED) is 0.779. The Balaban J connectivity index is 2.22. The first-order valence-electron chi connectivity index (χ1n) is 5.28. The number of likely N-dealkylation sites (N-methyl/N-ethyl adjacent to an activating group) is 1. The van der Waals surface area contributed by atoms with Crippen LogP contribution in [0, 0.1) is 6.92 Å². The van der Waals surface area contributed by atoms with Crippen LogP contribution in [0.25, 0.3) is 0 Å². The molecule has 2 atom stereocenters.